The Kier molecular flexibility index (Phi) is 5.95. The van der Waals surface area contributed by atoms with Gasteiger partial charge in [-0.2, -0.15) is 0 Å². The Morgan fingerprint density at radius 1 is 1.04 bits per heavy atom. The molecule has 9 heteroatoms. The second-order valence-electron chi connectivity index (χ2n) is 5.91. The van der Waals surface area contributed by atoms with Gasteiger partial charge < -0.3 is 19.3 Å². The van der Waals surface area contributed by atoms with Crippen LogP contribution in [0.2, 0.25) is 0 Å². The first-order valence-corrected chi connectivity index (χ1v) is 8.42. The molecule has 0 aromatic heterocycles. The molecule has 0 saturated heterocycles. The third-order valence-corrected chi connectivity index (χ3v) is 3.78. The van der Waals surface area contributed by atoms with Crippen LogP contribution >= 0.6 is 0 Å². The molecule has 3 N–H and O–H groups in total. The standard InChI is InChI=1S/C19H18N2O7/c22-13-7-5-12(6-8-13)9-18(24)27-11-17(23)20-21-19(25)16-10-26-14-3-1-2-4-15(14)28-16/h1-8,16,22H,9-11H2,(H,20,23)(H,21,25)/t16-/m0/s1. The van der Waals surface area contributed by atoms with Gasteiger partial charge >= 0.3 is 5.97 Å². The molecule has 28 heavy (non-hydrogen) atoms. The summed E-state index contributed by atoms with van der Waals surface area (Å²) in [5.74, 6) is -0.863. The van der Waals surface area contributed by atoms with Crippen molar-refractivity contribution in [2.24, 2.45) is 0 Å². The van der Waals surface area contributed by atoms with E-state index in [9.17, 15) is 19.5 Å². The molecule has 0 unspecified atom stereocenters. The summed E-state index contributed by atoms with van der Waals surface area (Å²) in [6.07, 6.45) is -0.973. The van der Waals surface area contributed by atoms with Crippen LogP contribution in [0.5, 0.6) is 17.2 Å². The van der Waals surface area contributed by atoms with Crippen molar-refractivity contribution in [2.75, 3.05) is 13.2 Å². The number of benzene rings is 2. The van der Waals surface area contributed by atoms with E-state index in [2.05, 4.69) is 10.9 Å². The molecule has 1 atom stereocenters. The average molecular weight is 386 g/mol. The Labute approximate surface area is 160 Å². The molecule has 9 nitrogen and oxygen atoms in total. The molecule has 0 spiro atoms. The zero-order valence-electron chi connectivity index (χ0n) is 14.7. The van der Waals surface area contributed by atoms with Crippen LogP contribution in [0.4, 0.5) is 0 Å². The van der Waals surface area contributed by atoms with Crippen LogP contribution in [0.1, 0.15) is 5.56 Å². The number of amides is 2. The fraction of sp³-hybridized carbons (Fsp3) is 0.211. The Bertz CT molecular complexity index is 867. The molecule has 0 radical (unpaired) electrons. The first-order valence-electron chi connectivity index (χ1n) is 8.42. The molecule has 0 saturated carbocycles. The van der Waals surface area contributed by atoms with Gasteiger partial charge in [0.1, 0.15) is 12.4 Å². The van der Waals surface area contributed by atoms with Crippen molar-refractivity contribution in [3.63, 3.8) is 0 Å². The molecule has 2 aromatic carbocycles. The van der Waals surface area contributed by atoms with E-state index < -0.39 is 30.5 Å². The number of hydrazine groups is 1. The minimum Gasteiger partial charge on any atom is -0.508 e. The summed E-state index contributed by atoms with van der Waals surface area (Å²) in [7, 11) is 0. The number of hydrogen-bond donors (Lipinski definition) is 3. The van der Waals surface area contributed by atoms with E-state index in [-0.39, 0.29) is 18.8 Å². The number of carbonyl (C=O) groups excluding carboxylic acids is 3. The molecule has 3 rings (SSSR count). The van der Waals surface area contributed by atoms with Crippen molar-refractivity contribution in [1.82, 2.24) is 10.9 Å². The summed E-state index contributed by atoms with van der Waals surface area (Å²) in [4.78, 5) is 35.5. The van der Waals surface area contributed by atoms with Crippen LogP contribution in [0.3, 0.4) is 0 Å². The normalized spacial score (nSPS) is 14.6. The fourth-order valence-corrected chi connectivity index (χ4v) is 2.37. The second-order valence-corrected chi connectivity index (χ2v) is 5.91. The van der Waals surface area contributed by atoms with Crippen molar-refractivity contribution in [2.45, 2.75) is 12.5 Å². The monoisotopic (exact) mass is 386 g/mol. The van der Waals surface area contributed by atoms with E-state index in [0.717, 1.165) is 0 Å². The molecule has 0 fully saturated rings. The summed E-state index contributed by atoms with van der Waals surface area (Å²) in [5, 5.41) is 9.19. The van der Waals surface area contributed by atoms with Gasteiger partial charge in [0.25, 0.3) is 11.8 Å². The molecular weight excluding hydrogens is 368 g/mol. The predicted octanol–water partition coefficient (Wildman–Crippen LogP) is 0.465. The highest BCUT2D eigenvalue weighted by molar-refractivity contribution is 5.86. The van der Waals surface area contributed by atoms with Gasteiger partial charge in [-0.3, -0.25) is 25.2 Å². The van der Waals surface area contributed by atoms with E-state index in [1.807, 2.05) is 0 Å². The van der Waals surface area contributed by atoms with Gasteiger partial charge in [0.05, 0.1) is 6.42 Å². The molecule has 2 aromatic rings. The average Bonchev–Trinajstić information content (AvgIpc) is 2.71. The Hall–Kier alpha value is -3.75. The van der Waals surface area contributed by atoms with Gasteiger partial charge in [-0.1, -0.05) is 24.3 Å². The van der Waals surface area contributed by atoms with Crippen molar-refractivity contribution < 1.29 is 33.7 Å². The largest absolute Gasteiger partial charge is 0.508 e. The Morgan fingerprint density at radius 2 is 1.75 bits per heavy atom. The van der Waals surface area contributed by atoms with Crippen LogP contribution in [-0.2, 0) is 25.5 Å². The minimum absolute atomic E-state index is 0.000330. The van der Waals surface area contributed by atoms with Crippen molar-refractivity contribution in [1.29, 1.82) is 0 Å². The summed E-state index contributed by atoms with van der Waals surface area (Å²) in [6.45, 7) is -0.553. The maximum Gasteiger partial charge on any atom is 0.310 e. The number of carbonyl (C=O) groups is 3. The van der Waals surface area contributed by atoms with E-state index in [1.54, 1.807) is 36.4 Å². The lowest BCUT2D eigenvalue weighted by molar-refractivity contribution is -0.148. The number of aromatic hydroxyl groups is 1. The van der Waals surface area contributed by atoms with Gasteiger partial charge in [0.15, 0.2) is 18.1 Å². The lowest BCUT2D eigenvalue weighted by Gasteiger charge is -2.25. The maximum absolute atomic E-state index is 12.1. The minimum atomic E-state index is -0.924. The highest BCUT2D eigenvalue weighted by Gasteiger charge is 2.27. The first kappa shape index (κ1) is 19.0. The number of hydrogen-bond acceptors (Lipinski definition) is 7. The molecular formula is C19H18N2O7. The SMILES string of the molecule is O=C(COC(=O)Cc1ccc(O)cc1)NNC(=O)[C@@H]1COc2ccccc2O1. The third kappa shape index (κ3) is 5.13. The van der Waals surface area contributed by atoms with Crippen LogP contribution in [0.15, 0.2) is 48.5 Å². The van der Waals surface area contributed by atoms with E-state index >= 15 is 0 Å². The molecule has 0 bridgehead atoms. The molecule has 2 amide bonds. The Balaban J connectivity index is 1.37. The zero-order chi connectivity index (χ0) is 19.9. The number of esters is 1. The number of nitrogens with one attached hydrogen (secondary N) is 2. The number of fused-ring (bicyclic) bond motifs is 1. The molecule has 146 valence electrons. The zero-order valence-corrected chi connectivity index (χ0v) is 14.7. The highest BCUT2D eigenvalue weighted by Crippen LogP contribution is 2.30. The van der Waals surface area contributed by atoms with Crippen LogP contribution in [-0.4, -0.2) is 42.2 Å². The third-order valence-electron chi connectivity index (χ3n) is 3.78. The lowest BCUT2D eigenvalue weighted by Crippen LogP contribution is -2.51. The van der Waals surface area contributed by atoms with Gasteiger partial charge in [0.2, 0.25) is 6.10 Å². The van der Waals surface area contributed by atoms with Gasteiger partial charge in [-0.05, 0) is 29.8 Å². The highest BCUT2D eigenvalue weighted by atomic mass is 16.6. The van der Waals surface area contributed by atoms with Crippen LogP contribution < -0.4 is 20.3 Å². The van der Waals surface area contributed by atoms with E-state index in [0.29, 0.717) is 17.1 Å². The van der Waals surface area contributed by atoms with Crippen molar-refractivity contribution in [3.8, 4) is 17.2 Å². The number of ether oxygens (including phenoxy) is 3. The van der Waals surface area contributed by atoms with E-state index in [4.69, 9.17) is 14.2 Å². The summed E-state index contributed by atoms with van der Waals surface area (Å²) >= 11 is 0. The summed E-state index contributed by atoms with van der Waals surface area (Å²) in [5.41, 5.74) is 4.98. The molecule has 1 aliphatic heterocycles. The predicted molar refractivity (Wildman–Crippen MR) is 95.4 cm³/mol. The van der Waals surface area contributed by atoms with Crippen molar-refractivity contribution >= 4 is 17.8 Å². The number of rotatable bonds is 5. The smallest absolute Gasteiger partial charge is 0.310 e. The molecule has 0 aliphatic carbocycles. The van der Waals surface area contributed by atoms with Crippen LogP contribution in [0, 0.1) is 0 Å². The Morgan fingerprint density at radius 3 is 2.50 bits per heavy atom. The maximum atomic E-state index is 12.1. The first-order chi connectivity index (χ1) is 13.5. The van der Waals surface area contributed by atoms with Gasteiger partial charge in [-0.15, -0.1) is 0 Å². The fourth-order valence-electron chi connectivity index (χ4n) is 2.37. The number of para-hydroxylation sites is 2. The number of phenolic OH excluding ortho intramolecular Hbond substituents is 1. The second kappa shape index (κ2) is 8.76. The van der Waals surface area contributed by atoms with Crippen LogP contribution in [0.25, 0.3) is 0 Å². The molecule has 1 heterocycles. The topological polar surface area (TPSA) is 123 Å². The van der Waals surface area contributed by atoms with Gasteiger partial charge in [-0.25, -0.2) is 0 Å². The van der Waals surface area contributed by atoms with E-state index in [1.165, 1.54) is 12.1 Å². The van der Waals surface area contributed by atoms with Crippen molar-refractivity contribution in [3.05, 3.63) is 54.1 Å². The lowest BCUT2D eigenvalue weighted by atomic mass is 10.1. The number of phenols is 1. The molecule has 1 aliphatic rings. The van der Waals surface area contributed by atoms with Gasteiger partial charge in [0, 0.05) is 0 Å². The quantitative estimate of drug-likeness (QED) is 0.504. The summed E-state index contributed by atoms with van der Waals surface area (Å²) in [6, 6.07) is 12.9. The summed E-state index contributed by atoms with van der Waals surface area (Å²) < 4.78 is 15.8.